The number of nitrogens with zero attached hydrogens (tertiary/aromatic N) is 1. The van der Waals surface area contributed by atoms with Crippen molar-refractivity contribution in [1.29, 1.82) is 0 Å². The molecule has 0 fully saturated rings. The zero-order valence-electron chi connectivity index (χ0n) is 16.0. The largest absolute Gasteiger partial charge is 0.490 e. The molecular formula is C20H23ClN2O4S. The molecule has 2 aromatic carbocycles. The van der Waals surface area contributed by atoms with Crippen LogP contribution in [0.4, 0.5) is 11.4 Å². The van der Waals surface area contributed by atoms with Crippen LogP contribution in [0.5, 0.6) is 5.75 Å². The van der Waals surface area contributed by atoms with Gasteiger partial charge in [-0.05, 0) is 55.8 Å². The molecule has 6 nitrogen and oxygen atoms in total. The Morgan fingerprint density at radius 2 is 1.93 bits per heavy atom. The minimum absolute atomic E-state index is 0.328. The van der Waals surface area contributed by atoms with E-state index in [4.69, 9.17) is 16.3 Å². The third kappa shape index (κ3) is 5.50. The van der Waals surface area contributed by atoms with E-state index in [0.717, 1.165) is 16.1 Å². The lowest BCUT2D eigenvalue weighted by Crippen LogP contribution is -2.45. The summed E-state index contributed by atoms with van der Waals surface area (Å²) in [4.78, 5) is 12.7. The van der Waals surface area contributed by atoms with E-state index in [2.05, 4.69) is 11.9 Å². The van der Waals surface area contributed by atoms with E-state index in [1.54, 1.807) is 42.5 Å². The standard InChI is InChI=1S/C20H23ClN2O4S/c1-5-12-27-18-10-7-16(8-11-18)22-20(24)15(3)23(28(4,25)26)17-9-6-14(2)19(21)13-17/h5-11,13,15H,1,12H2,2-4H3,(H,22,24)/t15-/m1/s1. The smallest absolute Gasteiger partial charge is 0.247 e. The molecule has 0 heterocycles. The van der Waals surface area contributed by atoms with E-state index >= 15 is 0 Å². The number of benzene rings is 2. The molecule has 1 amide bonds. The van der Waals surface area contributed by atoms with Gasteiger partial charge in [-0.3, -0.25) is 9.10 Å². The molecule has 0 saturated carbocycles. The first kappa shape index (κ1) is 21.8. The second-order valence-electron chi connectivity index (χ2n) is 6.28. The number of halogens is 1. The second kappa shape index (κ2) is 9.12. The van der Waals surface area contributed by atoms with E-state index in [-0.39, 0.29) is 0 Å². The van der Waals surface area contributed by atoms with Crippen molar-refractivity contribution in [3.63, 3.8) is 0 Å². The van der Waals surface area contributed by atoms with Crippen molar-refractivity contribution in [2.75, 3.05) is 22.5 Å². The SMILES string of the molecule is C=CCOc1ccc(NC(=O)[C@@H](C)N(c2ccc(C)c(Cl)c2)S(C)(=O)=O)cc1. The molecule has 8 heteroatoms. The van der Waals surface area contributed by atoms with Gasteiger partial charge in [-0.25, -0.2) is 8.42 Å². The van der Waals surface area contributed by atoms with Crippen molar-refractivity contribution in [3.05, 3.63) is 65.7 Å². The molecule has 1 atom stereocenters. The third-order valence-corrected chi connectivity index (χ3v) is 5.64. The molecule has 0 aliphatic carbocycles. The Morgan fingerprint density at radius 1 is 1.29 bits per heavy atom. The fourth-order valence-corrected chi connectivity index (χ4v) is 3.91. The minimum Gasteiger partial charge on any atom is -0.490 e. The Labute approximate surface area is 170 Å². The predicted octanol–water partition coefficient (Wildman–Crippen LogP) is 4.01. The van der Waals surface area contributed by atoms with Crippen LogP contribution in [0.15, 0.2) is 55.1 Å². The molecule has 2 aromatic rings. The summed E-state index contributed by atoms with van der Waals surface area (Å²) in [6.45, 7) is 7.29. The molecule has 0 radical (unpaired) electrons. The number of carbonyl (C=O) groups excluding carboxylic acids is 1. The van der Waals surface area contributed by atoms with Gasteiger partial charge in [0.2, 0.25) is 15.9 Å². The van der Waals surface area contributed by atoms with E-state index < -0.39 is 22.0 Å². The van der Waals surface area contributed by atoms with Crippen LogP contribution in [0.1, 0.15) is 12.5 Å². The lowest BCUT2D eigenvalue weighted by atomic mass is 10.2. The van der Waals surface area contributed by atoms with Gasteiger partial charge < -0.3 is 10.1 Å². The summed E-state index contributed by atoms with van der Waals surface area (Å²) in [6, 6.07) is 10.7. The quantitative estimate of drug-likeness (QED) is 0.652. The fourth-order valence-electron chi connectivity index (χ4n) is 2.56. The number of ether oxygens (including phenoxy) is 1. The molecule has 28 heavy (non-hydrogen) atoms. The van der Waals surface area contributed by atoms with Crippen molar-refractivity contribution in [2.45, 2.75) is 19.9 Å². The summed E-state index contributed by atoms with van der Waals surface area (Å²) in [5, 5.41) is 3.14. The van der Waals surface area contributed by atoms with Crippen molar-refractivity contribution in [3.8, 4) is 5.75 Å². The number of nitrogens with one attached hydrogen (secondary N) is 1. The molecular weight excluding hydrogens is 400 g/mol. The summed E-state index contributed by atoms with van der Waals surface area (Å²) >= 11 is 6.13. The van der Waals surface area contributed by atoms with Crippen LogP contribution in [-0.4, -0.2) is 33.2 Å². The number of anilines is 2. The molecule has 1 N–H and O–H groups in total. The molecule has 0 unspecified atom stereocenters. The number of hydrogen-bond acceptors (Lipinski definition) is 4. The van der Waals surface area contributed by atoms with Crippen LogP contribution >= 0.6 is 11.6 Å². The molecule has 0 aliphatic rings. The topological polar surface area (TPSA) is 75.7 Å². The number of hydrogen-bond donors (Lipinski definition) is 1. The van der Waals surface area contributed by atoms with E-state index in [9.17, 15) is 13.2 Å². The van der Waals surface area contributed by atoms with Crippen LogP contribution in [-0.2, 0) is 14.8 Å². The van der Waals surface area contributed by atoms with E-state index in [1.165, 1.54) is 13.0 Å². The summed E-state index contributed by atoms with van der Waals surface area (Å²) in [5.74, 6) is 0.167. The first-order chi connectivity index (χ1) is 13.1. The number of amides is 1. The Balaban J connectivity index is 2.21. The highest BCUT2D eigenvalue weighted by atomic mass is 35.5. The molecule has 2 rings (SSSR count). The lowest BCUT2D eigenvalue weighted by Gasteiger charge is -2.28. The van der Waals surface area contributed by atoms with Gasteiger partial charge in [0, 0.05) is 10.7 Å². The summed E-state index contributed by atoms with van der Waals surface area (Å²) < 4.78 is 31.1. The average Bonchev–Trinajstić information content (AvgIpc) is 2.63. The Kier molecular flexibility index (Phi) is 7.10. The van der Waals surface area contributed by atoms with Crippen LogP contribution in [0, 0.1) is 6.92 Å². The van der Waals surface area contributed by atoms with Gasteiger partial charge >= 0.3 is 0 Å². The normalized spacial score (nSPS) is 12.1. The number of rotatable bonds is 8. The summed E-state index contributed by atoms with van der Waals surface area (Å²) in [6.07, 6.45) is 2.69. The second-order valence-corrected chi connectivity index (χ2v) is 8.55. The molecule has 0 saturated heterocycles. The maximum absolute atomic E-state index is 12.7. The highest BCUT2D eigenvalue weighted by Crippen LogP contribution is 2.27. The highest BCUT2D eigenvalue weighted by molar-refractivity contribution is 7.92. The third-order valence-electron chi connectivity index (χ3n) is 3.99. The number of sulfonamides is 1. The first-order valence-corrected chi connectivity index (χ1v) is 10.8. The van der Waals surface area contributed by atoms with Crippen LogP contribution in [0.3, 0.4) is 0 Å². The first-order valence-electron chi connectivity index (χ1n) is 8.53. The van der Waals surface area contributed by atoms with Crippen molar-refractivity contribution >= 4 is 38.9 Å². The number of carbonyl (C=O) groups is 1. The minimum atomic E-state index is -3.72. The van der Waals surface area contributed by atoms with Crippen LogP contribution in [0.25, 0.3) is 0 Å². The van der Waals surface area contributed by atoms with Crippen LogP contribution < -0.4 is 14.4 Å². The van der Waals surface area contributed by atoms with Gasteiger partial charge in [-0.1, -0.05) is 30.3 Å². The molecule has 0 aliphatic heterocycles. The van der Waals surface area contributed by atoms with Gasteiger partial charge in [0.1, 0.15) is 18.4 Å². The molecule has 0 spiro atoms. The van der Waals surface area contributed by atoms with Gasteiger partial charge in [-0.2, -0.15) is 0 Å². The highest BCUT2D eigenvalue weighted by Gasteiger charge is 2.29. The average molecular weight is 423 g/mol. The van der Waals surface area contributed by atoms with Crippen LogP contribution in [0.2, 0.25) is 5.02 Å². The van der Waals surface area contributed by atoms with Gasteiger partial charge in [0.25, 0.3) is 0 Å². The molecule has 0 bridgehead atoms. The summed E-state index contributed by atoms with van der Waals surface area (Å²) in [5.41, 5.74) is 1.67. The lowest BCUT2D eigenvalue weighted by molar-refractivity contribution is -0.116. The van der Waals surface area contributed by atoms with E-state index in [1.807, 2.05) is 6.92 Å². The maximum atomic E-state index is 12.7. The van der Waals surface area contributed by atoms with Crippen molar-refractivity contribution < 1.29 is 17.9 Å². The van der Waals surface area contributed by atoms with Gasteiger partial charge in [0.15, 0.2) is 0 Å². The fraction of sp³-hybridized carbons (Fsp3) is 0.250. The van der Waals surface area contributed by atoms with Gasteiger partial charge in [-0.15, -0.1) is 0 Å². The molecule has 0 aromatic heterocycles. The van der Waals surface area contributed by atoms with Crippen molar-refractivity contribution in [2.24, 2.45) is 0 Å². The zero-order chi connectivity index (χ0) is 20.9. The van der Waals surface area contributed by atoms with E-state index in [0.29, 0.717) is 28.8 Å². The Hall–Kier alpha value is -2.51. The predicted molar refractivity (Wildman–Crippen MR) is 114 cm³/mol. The molecule has 150 valence electrons. The monoisotopic (exact) mass is 422 g/mol. The Bertz CT molecular complexity index is 959. The van der Waals surface area contributed by atoms with Crippen molar-refractivity contribution in [1.82, 2.24) is 0 Å². The number of aryl methyl sites for hydroxylation is 1. The Morgan fingerprint density at radius 3 is 2.46 bits per heavy atom. The zero-order valence-corrected chi connectivity index (χ0v) is 17.5. The maximum Gasteiger partial charge on any atom is 0.247 e. The van der Waals surface area contributed by atoms with Gasteiger partial charge in [0.05, 0.1) is 11.9 Å². The summed E-state index contributed by atoms with van der Waals surface area (Å²) in [7, 11) is -3.72.